The molecule has 0 amide bonds. The second-order valence-electron chi connectivity index (χ2n) is 6.67. The van der Waals surface area contributed by atoms with Crippen LogP contribution in [0, 0.1) is 0 Å². The second kappa shape index (κ2) is 7.63. The zero-order valence-electron chi connectivity index (χ0n) is 15.2. The molecule has 2 aromatic heterocycles. The maximum atomic E-state index is 12.2. The smallest absolute Gasteiger partial charge is 0.274 e. The van der Waals surface area contributed by atoms with Gasteiger partial charge in [0.2, 0.25) is 5.95 Å². The van der Waals surface area contributed by atoms with Crippen molar-refractivity contribution >= 4 is 17.3 Å². The summed E-state index contributed by atoms with van der Waals surface area (Å²) in [5, 5.41) is 11.2. The fraction of sp³-hybridized carbons (Fsp3) is 0.316. The van der Waals surface area contributed by atoms with Crippen molar-refractivity contribution in [3.63, 3.8) is 0 Å². The average Bonchev–Trinajstić information content (AvgIpc) is 3.19. The number of piperazine rings is 1. The fourth-order valence-electron chi connectivity index (χ4n) is 3.07. The molecule has 0 unspecified atom stereocenters. The van der Waals surface area contributed by atoms with Gasteiger partial charge in [0.25, 0.3) is 5.56 Å². The monoisotopic (exact) mass is 366 g/mol. The lowest BCUT2D eigenvalue weighted by Crippen LogP contribution is -2.44. The summed E-state index contributed by atoms with van der Waals surface area (Å²) >= 11 is 0. The van der Waals surface area contributed by atoms with Gasteiger partial charge in [0, 0.05) is 37.6 Å². The number of benzene rings is 1. The van der Waals surface area contributed by atoms with Crippen LogP contribution in [-0.4, -0.2) is 53.3 Å². The van der Waals surface area contributed by atoms with E-state index in [1.54, 1.807) is 18.4 Å². The van der Waals surface area contributed by atoms with Crippen molar-refractivity contribution in [1.82, 2.24) is 20.1 Å². The van der Waals surface area contributed by atoms with Crippen LogP contribution in [0.3, 0.4) is 0 Å². The van der Waals surface area contributed by atoms with E-state index in [9.17, 15) is 4.79 Å². The molecule has 1 aromatic carbocycles. The van der Waals surface area contributed by atoms with Gasteiger partial charge in [-0.25, -0.2) is 0 Å². The molecule has 8 heteroatoms. The van der Waals surface area contributed by atoms with Gasteiger partial charge in [-0.2, -0.15) is 0 Å². The molecule has 0 bridgehead atoms. The summed E-state index contributed by atoms with van der Waals surface area (Å²) in [7, 11) is 2.14. The molecule has 1 aliphatic heterocycles. The molecule has 0 aliphatic carbocycles. The normalized spacial score (nSPS) is 15.1. The lowest BCUT2D eigenvalue weighted by Gasteiger charge is -2.34. The van der Waals surface area contributed by atoms with Gasteiger partial charge >= 0.3 is 0 Å². The molecular weight excluding hydrogens is 344 g/mol. The largest absolute Gasteiger partial charge is 0.469 e. The van der Waals surface area contributed by atoms with Crippen LogP contribution in [0.1, 0.15) is 11.5 Å². The predicted molar refractivity (Wildman–Crippen MR) is 104 cm³/mol. The molecule has 3 heterocycles. The van der Waals surface area contributed by atoms with Gasteiger partial charge in [-0.1, -0.05) is 0 Å². The highest BCUT2D eigenvalue weighted by molar-refractivity contribution is 5.59. The van der Waals surface area contributed by atoms with E-state index in [-0.39, 0.29) is 5.56 Å². The first-order valence-electron chi connectivity index (χ1n) is 8.96. The average molecular weight is 366 g/mol. The van der Waals surface area contributed by atoms with Gasteiger partial charge in [0.1, 0.15) is 11.5 Å². The number of H-pyrrole nitrogens is 1. The molecule has 3 aromatic rings. The first-order chi connectivity index (χ1) is 13.2. The zero-order valence-corrected chi connectivity index (χ0v) is 15.2. The molecule has 0 radical (unpaired) electrons. The Labute approximate surface area is 156 Å². The minimum absolute atomic E-state index is 0.280. The van der Waals surface area contributed by atoms with Crippen LogP contribution >= 0.6 is 0 Å². The van der Waals surface area contributed by atoms with Gasteiger partial charge in [-0.05, 0) is 43.4 Å². The third kappa shape index (κ3) is 4.17. The Hall–Kier alpha value is -3.13. The third-order valence-electron chi connectivity index (χ3n) is 4.68. The molecule has 2 N–H and O–H groups in total. The molecule has 27 heavy (non-hydrogen) atoms. The minimum Gasteiger partial charge on any atom is -0.469 e. The number of nitrogens with one attached hydrogen (secondary N) is 2. The Morgan fingerprint density at radius 2 is 1.89 bits per heavy atom. The predicted octanol–water partition coefficient (Wildman–Crippen LogP) is 1.84. The number of anilines is 3. The highest BCUT2D eigenvalue weighted by atomic mass is 16.3. The summed E-state index contributed by atoms with van der Waals surface area (Å²) in [5.74, 6) is 0.991. The molecule has 0 atom stereocenters. The summed E-state index contributed by atoms with van der Waals surface area (Å²) < 4.78 is 5.24. The summed E-state index contributed by atoms with van der Waals surface area (Å²) in [6.45, 7) is 4.20. The number of hydrogen-bond acceptors (Lipinski definition) is 7. The number of furan rings is 1. The van der Waals surface area contributed by atoms with Gasteiger partial charge in [-0.3, -0.25) is 9.78 Å². The first-order valence-corrected chi connectivity index (χ1v) is 8.96. The van der Waals surface area contributed by atoms with E-state index >= 15 is 0 Å². The Bertz CT molecular complexity index is 928. The van der Waals surface area contributed by atoms with E-state index in [2.05, 4.69) is 49.5 Å². The van der Waals surface area contributed by atoms with Crippen molar-refractivity contribution < 1.29 is 4.42 Å². The summed E-state index contributed by atoms with van der Waals surface area (Å²) in [4.78, 5) is 19.6. The van der Waals surface area contributed by atoms with E-state index in [1.165, 1.54) is 5.69 Å². The van der Waals surface area contributed by atoms with E-state index in [1.807, 2.05) is 12.1 Å². The summed E-state index contributed by atoms with van der Waals surface area (Å²) in [6, 6.07) is 11.7. The highest BCUT2D eigenvalue weighted by Gasteiger charge is 2.14. The van der Waals surface area contributed by atoms with E-state index in [0.717, 1.165) is 31.9 Å². The van der Waals surface area contributed by atoms with Crippen LogP contribution < -0.4 is 15.8 Å². The van der Waals surface area contributed by atoms with Crippen LogP contribution in [0.4, 0.5) is 17.3 Å². The van der Waals surface area contributed by atoms with Crippen LogP contribution in [0.5, 0.6) is 0 Å². The molecular formula is C19H22N6O2. The number of hydrogen-bond donors (Lipinski definition) is 2. The lowest BCUT2D eigenvalue weighted by atomic mass is 10.2. The molecule has 140 valence electrons. The van der Waals surface area contributed by atoms with Crippen LogP contribution in [-0.2, 0) is 6.42 Å². The van der Waals surface area contributed by atoms with E-state index in [0.29, 0.717) is 23.8 Å². The highest BCUT2D eigenvalue weighted by Crippen LogP contribution is 2.20. The van der Waals surface area contributed by atoms with Crippen molar-refractivity contribution in [1.29, 1.82) is 0 Å². The second-order valence-corrected chi connectivity index (χ2v) is 6.67. The Morgan fingerprint density at radius 3 is 2.56 bits per heavy atom. The van der Waals surface area contributed by atoms with Gasteiger partial charge in [0.15, 0.2) is 0 Å². The molecule has 8 nitrogen and oxygen atoms in total. The molecule has 1 fully saturated rings. The quantitative estimate of drug-likeness (QED) is 0.712. The van der Waals surface area contributed by atoms with Crippen molar-refractivity contribution in [2.24, 2.45) is 0 Å². The Morgan fingerprint density at radius 1 is 1.11 bits per heavy atom. The summed E-state index contributed by atoms with van der Waals surface area (Å²) in [6.07, 6.45) is 1.88. The molecule has 4 rings (SSSR count). The SMILES string of the molecule is CN1CCN(c2ccc(Nc3nnc(Cc4ccco4)c(=O)[nH]3)cc2)CC1. The van der Waals surface area contributed by atoms with Crippen LogP contribution in [0.15, 0.2) is 51.9 Å². The minimum atomic E-state index is -0.280. The fourth-order valence-corrected chi connectivity index (χ4v) is 3.07. The Balaban J connectivity index is 1.41. The van der Waals surface area contributed by atoms with E-state index < -0.39 is 0 Å². The summed E-state index contributed by atoms with van der Waals surface area (Å²) in [5.41, 5.74) is 2.08. The Kier molecular flexibility index (Phi) is 4.88. The number of nitrogens with zero attached hydrogens (tertiary/aromatic N) is 4. The molecule has 0 spiro atoms. The maximum absolute atomic E-state index is 12.2. The standard InChI is InChI=1S/C19H22N6O2/c1-24-8-10-25(11-9-24)15-6-4-14(5-7-15)20-19-21-18(26)17(22-23-19)13-16-3-2-12-27-16/h2-7,12H,8-11,13H2,1H3,(H2,20,21,23,26). The van der Waals surface area contributed by atoms with Gasteiger partial charge < -0.3 is 19.5 Å². The van der Waals surface area contributed by atoms with Crippen LogP contribution in [0.25, 0.3) is 0 Å². The molecule has 1 saturated heterocycles. The number of rotatable bonds is 5. The van der Waals surface area contributed by atoms with Gasteiger partial charge in [0.05, 0.1) is 12.7 Å². The van der Waals surface area contributed by atoms with Crippen molar-refractivity contribution in [2.75, 3.05) is 43.4 Å². The van der Waals surface area contributed by atoms with E-state index in [4.69, 9.17) is 4.42 Å². The number of aromatic amines is 1. The zero-order chi connectivity index (χ0) is 18.6. The van der Waals surface area contributed by atoms with Gasteiger partial charge in [-0.15, -0.1) is 10.2 Å². The number of likely N-dealkylation sites (N-methyl/N-ethyl adjacent to an activating group) is 1. The number of aromatic nitrogens is 3. The lowest BCUT2D eigenvalue weighted by molar-refractivity contribution is 0.313. The molecule has 0 saturated carbocycles. The first kappa shape index (κ1) is 17.3. The van der Waals surface area contributed by atoms with Crippen LogP contribution in [0.2, 0.25) is 0 Å². The van der Waals surface area contributed by atoms with Crippen molar-refractivity contribution in [2.45, 2.75) is 6.42 Å². The topological polar surface area (TPSA) is 90.3 Å². The van der Waals surface area contributed by atoms with Crippen molar-refractivity contribution in [3.8, 4) is 0 Å². The maximum Gasteiger partial charge on any atom is 0.274 e. The molecule has 1 aliphatic rings. The van der Waals surface area contributed by atoms with Crippen molar-refractivity contribution in [3.05, 3.63) is 64.5 Å². The third-order valence-corrected chi connectivity index (χ3v) is 4.68.